The minimum Gasteiger partial charge on any atom is -0.485 e. The number of nitrogens with two attached hydrogens (primary N) is 2. The molecule has 3 rings (SSSR count). The normalized spacial score (nSPS) is 16.1. The summed E-state index contributed by atoms with van der Waals surface area (Å²) in [6.07, 6.45) is 5.97. The van der Waals surface area contributed by atoms with Crippen LogP contribution in [0.4, 0.5) is 5.82 Å². The molecule has 10 heteroatoms. The lowest BCUT2D eigenvalue weighted by atomic mass is 9.97. The lowest BCUT2D eigenvalue weighted by Gasteiger charge is -2.37. The van der Waals surface area contributed by atoms with Gasteiger partial charge >= 0.3 is 0 Å². The summed E-state index contributed by atoms with van der Waals surface area (Å²) in [7, 11) is 5.33. The number of hydrogen-bond donors (Lipinski definition) is 5. The van der Waals surface area contributed by atoms with Crippen molar-refractivity contribution in [3.63, 3.8) is 0 Å². The molecule has 0 spiro atoms. The average molecular weight is 489 g/mol. The second kappa shape index (κ2) is 11.6. The maximum Gasteiger partial charge on any atom is 0.178 e. The third kappa shape index (κ3) is 8.10. The Kier molecular flexibility index (Phi) is 8.77. The van der Waals surface area contributed by atoms with Gasteiger partial charge in [0.15, 0.2) is 25.2 Å². The van der Waals surface area contributed by atoms with Crippen molar-refractivity contribution >= 4 is 25.5 Å². The monoisotopic (exact) mass is 489 g/mol. The molecular formula is C26H32BN5O4. The van der Waals surface area contributed by atoms with Crippen LogP contribution in [0.3, 0.4) is 0 Å². The minimum atomic E-state index is -2.31. The van der Waals surface area contributed by atoms with Crippen molar-refractivity contribution in [2.45, 2.75) is 50.7 Å². The highest BCUT2D eigenvalue weighted by atomic mass is 16.5. The molecule has 0 unspecified atom stereocenters. The van der Waals surface area contributed by atoms with Gasteiger partial charge in [-0.05, 0) is 50.5 Å². The highest BCUT2D eigenvalue weighted by Crippen LogP contribution is 2.25. The first-order valence-electron chi connectivity index (χ1n) is 11.6. The van der Waals surface area contributed by atoms with Gasteiger partial charge in [-0.15, -0.1) is 0 Å². The molecule has 2 radical (unpaired) electrons. The molecule has 1 aromatic heterocycles. The number of nitrogens with zero attached hydrogens (tertiary/aromatic N) is 3. The highest BCUT2D eigenvalue weighted by Gasteiger charge is 2.29. The fraction of sp³-hybridized carbons (Fsp3) is 0.385. The average Bonchev–Trinajstić information content (AvgIpc) is 2.83. The molecule has 0 atom stereocenters. The van der Waals surface area contributed by atoms with Crippen molar-refractivity contribution in [3.05, 3.63) is 59.4 Å². The predicted molar refractivity (Wildman–Crippen MR) is 141 cm³/mol. The van der Waals surface area contributed by atoms with Gasteiger partial charge < -0.3 is 31.5 Å². The van der Waals surface area contributed by atoms with Crippen molar-refractivity contribution in [3.8, 4) is 17.6 Å². The molecule has 0 saturated carbocycles. The summed E-state index contributed by atoms with van der Waals surface area (Å²) in [4.78, 5) is 10.2. The Labute approximate surface area is 212 Å². The first-order chi connectivity index (χ1) is 16.9. The number of piperidine rings is 1. The van der Waals surface area contributed by atoms with Gasteiger partial charge in [0, 0.05) is 48.4 Å². The molecular weight excluding hydrogens is 457 g/mol. The Balaban J connectivity index is 1.66. The van der Waals surface area contributed by atoms with E-state index in [1.54, 1.807) is 32.3 Å². The zero-order chi connectivity index (χ0) is 26.3. The molecule has 1 saturated heterocycles. The van der Waals surface area contributed by atoms with Crippen molar-refractivity contribution < 1.29 is 20.1 Å². The molecule has 1 aliphatic heterocycles. The van der Waals surface area contributed by atoms with Crippen LogP contribution in [0.2, 0.25) is 0 Å². The van der Waals surface area contributed by atoms with Crippen LogP contribution in [0.5, 0.6) is 5.75 Å². The van der Waals surface area contributed by atoms with Crippen LogP contribution in [-0.4, -0.2) is 69.8 Å². The SMILES string of the molecule is [B]C(O)(O)N1CCC(N=CC(=CN)c2cnc(N)c(OCc3cccc(C#CC(C)(C)O)c3)c2)CC1. The summed E-state index contributed by atoms with van der Waals surface area (Å²) < 4.78 is 5.93. The number of pyridine rings is 1. The number of aliphatic imine (C=N–C) groups is 1. The van der Waals surface area contributed by atoms with Gasteiger partial charge in [0.1, 0.15) is 12.2 Å². The van der Waals surface area contributed by atoms with E-state index in [0.29, 0.717) is 42.8 Å². The number of allylic oxidation sites excluding steroid dienone is 1. The number of aliphatic hydroxyl groups is 3. The van der Waals surface area contributed by atoms with Crippen LogP contribution in [-0.2, 0) is 6.61 Å². The zero-order valence-electron chi connectivity index (χ0n) is 20.6. The second-order valence-electron chi connectivity index (χ2n) is 9.21. The summed E-state index contributed by atoms with van der Waals surface area (Å²) in [6, 6.07) is 9.29. The van der Waals surface area contributed by atoms with E-state index in [4.69, 9.17) is 24.1 Å². The van der Waals surface area contributed by atoms with Gasteiger partial charge in [0.05, 0.1) is 6.04 Å². The molecule has 9 nitrogen and oxygen atoms in total. The standard InChI is InChI=1S/C26H32BN5O4/c1-25(2,33)9-6-18-4-3-5-19(12-18)17-36-23-13-20(15-31-24(23)29)21(14-28)16-30-22-7-10-32(11-8-22)26(27,34)35/h3-5,12-16,22,33-35H,7-8,10-11,17,28H2,1-2H3,(H2,29,31). The number of hydrogen-bond acceptors (Lipinski definition) is 9. The van der Waals surface area contributed by atoms with Gasteiger partial charge in [0.2, 0.25) is 0 Å². The van der Waals surface area contributed by atoms with Crippen LogP contribution in [0, 0.1) is 11.8 Å². The molecule has 188 valence electrons. The van der Waals surface area contributed by atoms with Gasteiger partial charge in [-0.3, -0.25) is 9.89 Å². The highest BCUT2D eigenvalue weighted by molar-refractivity contribution is 6.12. The molecule has 1 aromatic carbocycles. The smallest absolute Gasteiger partial charge is 0.178 e. The maximum absolute atomic E-state index is 9.81. The Morgan fingerprint density at radius 2 is 2.00 bits per heavy atom. The number of likely N-dealkylation sites (tertiary alicyclic amines) is 1. The molecule has 7 N–H and O–H groups in total. The van der Waals surface area contributed by atoms with E-state index >= 15 is 0 Å². The number of anilines is 1. The van der Waals surface area contributed by atoms with E-state index in [1.165, 1.54) is 11.1 Å². The van der Waals surface area contributed by atoms with Gasteiger partial charge in [-0.2, -0.15) is 0 Å². The fourth-order valence-electron chi connectivity index (χ4n) is 3.60. The van der Waals surface area contributed by atoms with Crippen molar-refractivity contribution in [2.75, 3.05) is 18.8 Å². The predicted octanol–water partition coefficient (Wildman–Crippen LogP) is 0.964. The maximum atomic E-state index is 9.81. The quantitative estimate of drug-likeness (QED) is 0.167. The minimum absolute atomic E-state index is 0.00259. The third-order valence-corrected chi connectivity index (χ3v) is 5.58. The Bertz CT molecular complexity index is 1170. The Morgan fingerprint density at radius 3 is 2.64 bits per heavy atom. The second-order valence-corrected chi connectivity index (χ2v) is 9.21. The first-order valence-corrected chi connectivity index (χ1v) is 11.6. The lowest BCUT2D eigenvalue weighted by Crippen LogP contribution is -2.53. The first kappa shape index (κ1) is 27.2. The van der Waals surface area contributed by atoms with Crippen LogP contribution < -0.4 is 16.2 Å². The summed E-state index contributed by atoms with van der Waals surface area (Å²) in [5, 5.41) is 28.8. The topological polar surface area (TPSA) is 150 Å². The van der Waals surface area contributed by atoms with E-state index < -0.39 is 11.4 Å². The zero-order valence-corrected chi connectivity index (χ0v) is 20.6. The third-order valence-electron chi connectivity index (χ3n) is 5.58. The summed E-state index contributed by atoms with van der Waals surface area (Å²) in [5.41, 5.74) is 13.8. The number of nitrogen functional groups attached to an aromatic ring is 1. The van der Waals surface area contributed by atoms with E-state index in [9.17, 15) is 15.3 Å². The Morgan fingerprint density at radius 1 is 1.28 bits per heavy atom. The number of rotatable bonds is 7. The molecule has 1 fully saturated rings. The molecule has 1 aliphatic rings. The van der Waals surface area contributed by atoms with Crippen LogP contribution in [0.1, 0.15) is 43.4 Å². The summed E-state index contributed by atoms with van der Waals surface area (Å²) >= 11 is 0. The molecule has 0 bridgehead atoms. The van der Waals surface area contributed by atoms with E-state index in [2.05, 4.69) is 21.8 Å². The van der Waals surface area contributed by atoms with Gasteiger partial charge in [0.25, 0.3) is 0 Å². The summed E-state index contributed by atoms with van der Waals surface area (Å²) in [5.74, 6) is 4.09. The fourth-order valence-corrected chi connectivity index (χ4v) is 3.60. The molecule has 2 heterocycles. The number of benzene rings is 1. The Hall–Kier alpha value is -3.36. The van der Waals surface area contributed by atoms with Crippen molar-refractivity contribution in [1.82, 2.24) is 9.88 Å². The van der Waals surface area contributed by atoms with Crippen LogP contribution >= 0.6 is 0 Å². The molecule has 2 aromatic rings. The van der Waals surface area contributed by atoms with E-state index in [-0.39, 0.29) is 18.5 Å². The van der Waals surface area contributed by atoms with Crippen LogP contribution in [0.25, 0.3) is 5.57 Å². The molecule has 36 heavy (non-hydrogen) atoms. The number of aromatic nitrogens is 1. The van der Waals surface area contributed by atoms with Crippen LogP contribution in [0.15, 0.2) is 47.7 Å². The van der Waals surface area contributed by atoms with Crippen molar-refractivity contribution in [2.24, 2.45) is 10.7 Å². The lowest BCUT2D eigenvalue weighted by molar-refractivity contribution is -0.202. The van der Waals surface area contributed by atoms with Gasteiger partial charge in [-0.25, -0.2) is 4.98 Å². The number of ether oxygens (including phenoxy) is 1. The van der Waals surface area contributed by atoms with E-state index in [1.807, 2.05) is 24.3 Å². The van der Waals surface area contributed by atoms with Gasteiger partial charge in [-0.1, -0.05) is 24.0 Å². The van der Waals surface area contributed by atoms with E-state index in [0.717, 1.165) is 11.1 Å². The van der Waals surface area contributed by atoms with Crippen molar-refractivity contribution in [1.29, 1.82) is 0 Å². The molecule has 0 amide bonds. The largest absolute Gasteiger partial charge is 0.485 e. The summed E-state index contributed by atoms with van der Waals surface area (Å²) in [6.45, 7) is 4.34. The molecule has 0 aliphatic carbocycles.